The van der Waals surface area contributed by atoms with Gasteiger partial charge in [0, 0.05) is 26.1 Å². The van der Waals surface area contributed by atoms with Crippen molar-refractivity contribution in [2.45, 2.75) is 26.7 Å². The summed E-state index contributed by atoms with van der Waals surface area (Å²) in [5, 5.41) is 15.3. The molecule has 1 aromatic heterocycles. The lowest BCUT2D eigenvalue weighted by Crippen LogP contribution is -2.33. The van der Waals surface area contributed by atoms with E-state index in [9.17, 15) is 4.79 Å². The maximum absolute atomic E-state index is 11.9. The number of rotatable bonds is 6. The monoisotopic (exact) mass is 226 g/mol. The molecular weight excluding hydrogens is 208 g/mol. The third-order valence-corrected chi connectivity index (χ3v) is 2.31. The predicted octanol–water partition coefficient (Wildman–Crippen LogP) is 0.212. The fourth-order valence-corrected chi connectivity index (χ4v) is 1.36. The summed E-state index contributed by atoms with van der Waals surface area (Å²) in [5.41, 5.74) is 0. The Morgan fingerprint density at radius 2 is 2.25 bits per heavy atom. The maximum atomic E-state index is 11.9. The van der Waals surface area contributed by atoms with Crippen LogP contribution in [0.25, 0.3) is 0 Å². The Morgan fingerprint density at radius 1 is 1.50 bits per heavy atom. The molecule has 1 heterocycles. The molecule has 0 saturated carbocycles. The van der Waals surface area contributed by atoms with Gasteiger partial charge in [0.05, 0.1) is 0 Å². The molecular formula is C10H18N4O2. The lowest BCUT2D eigenvalue weighted by molar-refractivity contribution is 0.0742. The number of hydrogen-bond acceptors (Lipinski definition) is 4. The highest BCUT2D eigenvalue weighted by molar-refractivity contribution is 5.90. The number of nitrogens with zero attached hydrogens (tertiary/aromatic N) is 3. The van der Waals surface area contributed by atoms with Crippen molar-refractivity contribution in [3.8, 4) is 0 Å². The zero-order chi connectivity index (χ0) is 12.0. The smallest absolute Gasteiger partial charge is 0.293 e. The molecule has 0 aliphatic carbocycles. The summed E-state index contributed by atoms with van der Waals surface area (Å²) < 4.78 is 0. The fourth-order valence-electron chi connectivity index (χ4n) is 1.36. The molecule has 1 aromatic rings. The van der Waals surface area contributed by atoms with E-state index in [1.165, 1.54) is 0 Å². The number of aromatic nitrogens is 3. The summed E-state index contributed by atoms with van der Waals surface area (Å²) in [7, 11) is 0. The second-order valence-corrected chi connectivity index (χ2v) is 3.42. The van der Waals surface area contributed by atoms with Crippen molar-refractivity contribution in [2.24, 2.45) is 0 Å². The highest BCUT2D eigenvalue weighted by Crippen LogP contribution is 2.01. The van der Waals surface area contributed by atoms with Crippen molar-refractivity contribution in [3.63, 3.8) is 0 Å². The number of carbonyl (C=O) groups is 1. The molecule has 0 atom stereocenters. The van der Waals surface area contributed by atoms with Crippen LogP contribution in [0.4, 0.5) is 0 Å². The van der Waals surface area contributed by atoms with Gasteiger partial charge < -0.3 is 10.0 Å². The predicted molar refractivity (Wildman–Crippen MR) is 59.0 cm³/mol. The van der Waals surface area contributed by atoms with Gasteiger partial charge in [-0.2, -0.15) is 0 Å². The average Bonchev–Trinajstić information content (AvgIpc) is 2.78. The molecule has 0 aliphatic heterocycles. The van der Waals surface area contributed by atoms with Crippen LogP contribution in [-0.2, 0) is 6.42 Å². The average molecular weight is 226 g/mol. The Hall–Kier alpha value is -1.43. The van der Waals surface area contributed by atoms with E-state index in [0.717, 1.165) is 6.42 Å². The molecule has 16 heavy (non-hydrogen) atoms. The van der Waals surface area contributed by atoms with Gasteiger partial charge in [-0.05, 0) is 13.3 Å². The Bertz CT molecular complexity index is 337. The van der Waals surface area contributed by atoms with Gasteiger partial charge in [0.15, 0.2) is 0 Å². The minimum Gasteiger partial charge on any atom is -0.396 e. The zero-order valence-corrected chi connectivity index (χ0v) is 9.73. The van der Waals surface area contributed by atoms with Gasteiger partial charge in [-0.3, -0.25) is 9.89 Å². The van der Waals surface area contributed by atoms with E-state index in [1.54, 1.807) is 4.90 Å². The maximum Gasteiger partial charge on any atom is 0.293 e. The molecule has 0 bridgehead atoms. The largest absolute Gasteiger partial charge is 0.396 e. The second-order valence-electron chi connectivity index (χ2n) is 3.42. The van der Waals surface area contributed by atoms with Crippen LogP contribution in [0, 0.1) is 0 Å². The molecule has 2 N–H and O–H groups in total. The fraction of sp³-hybridized carbons (Fsp3) is 0.700. The molecule has 0 aromatic carbocycles. The first-order valence-corrected chi connectivity index (χ1v) is 5.54. The molecule has 0 radical (unpaired) electrons. The standard InChI is InChI=1S/C10H18N4O2/c1-3-8-11-9(13-12-8)10(16)14(4-2)6-5-7-15/h15H,3-7H2,1-2H3,(H,11,12,13). The van der Waals surface area contributed by atoms with Gasteiger partial charge in [0.2, 0.25) is 5.82 Å². The van der Waals surface area contributed by atoms with Gasteiger partial charge in [-0.25, -0.2) is 4.98 Å². The Balaban J connectivity index is 2.66. The Morgan fingerprint density at radius 3 is 2.75 bits per heavy atom. The second kappa shape index (κ2) is 6.22. The molecule has 6 nitrogen and oxygen atoms in total. The van der Waals surface area contributed by atoms with Crippen LogP contribution >= 0.6 is 0 Å². The van der Waals surface area contributed by atoms with Gasteiger partial charge in [0.1, 0.15) is 5.82 Å². The quantitative estimate of drug-likeness (QED) is 0.726. The Labute approximate surface area is 94.7 Å². The normalized spacial score (nSPS) is 10.4. The van der Waals surface area contributed by atoms with Gasteiger partial charge in [-0.15, -0.1) is 5.10 Å². The van der Waals surface area contributed by atoms with E-state index in [-0.39, 0.29) is 18.3 Å². The minimum absolute atomic E-state index is 0.0813. The molecule has 0 saturated heterocycles. The van der Waals surface area contributed by atoms with Gasteiger partial charge in [-0.1, -0.05) is 6.92 Å². The van der Waals surface area contributed by atoms with Crippen molar-refractivity contribution in [2.75, 3.05) is 19.7 Å². The molecule has 0 unspecified atom stereocenters. The van der Waals surface area contributed by atoms with E-state index in [1.807, 2.05) is 13.8 Å². The summed E-state index contributed by atoms with van der Waals surface area (Å²) in [6.45, 7) is 5.04. The van der Waals surface area contributed by atoms with Crippen LogP contribution in [0.5, 0.6) is 0 Å². The summed E-state index contributed by atoms with van der Waals surface area (Å²) in [5.74, 6) is 0.727. The molecule has 90 valence electrons. The SMILES string of the molecule is CCc1nc(C(=O)N(CC)CCCO)n[nH]1. The molecule has 0 spiro atoms. The van der Waals surface area contributed by atoms with Crippen LogP contribution in [0.3, 0.4) is 0 Å². The minimum atomic E-state index is -0.188. The number of carbonyl (C=O) groups excluding carboxylic acids is 1. The third-order valence-electron chi connectivity index (χ3n) is 2.31. The molecule has 1 rings (SSSR count). The van der Waals surface area contributed by atoms with Crippen molar-refractivity contribution in [1.29, 1.82) is 0 Å². The van der Waals surface area contributed by atoms with Crippen molar-refractivity contribution in [3.05, 3.63) is 11.6 Å². The number of hydrogen-bond donors (Lipinski definition) is 2. The number of H-pyrrole nitrogens is 1. The summed E-state index contributed by atoms with van der Waals surface area (Å²) in [6, 6.07) is 0. The topological polar surface area (TPSA) is 82.1 Å². The lowest BCUT2D eigenvalue weighted by atomic mass is 10.3. The first kappa shape index (κ1) is 12.6. The number of aryl methyl sites for hydroxylation is 1. The first-order valence-electron chi connectivity index (χ1n) is 5.54. The van der Waals surface area contributed by atoms with Crippen molar-refractivity contribution < 1.29 is 9.90 Å². The molecule has 6 heteroatoms. The molecule has 1 amide bonds. The number of nitrogens with one attached hydrogen (secondary N) is 1. The van der Waals surface area contributed by atoms with Crippen LogP contribution in [-0.4, -0.2) is 50.8 Å². The summed E-state index contributed by atoms with van der Waals surface area (Å²) in [4.78, 5) is 17.6. The van der Waals surface area contributed by atoms with Crippen molar-refractivity contribution in [1.82, 2.24) is 20.1 Å². The first-order chi connectivity index (χ1) is 7.72. The van der Waals surface area contributed by atoms with Crippen LogP contribution in [0.2, 0.25) is 0 Å². The highest BCUT2D eigenvalue weighted by atomic mass is 16.3. The molecule has 0 aliphatic rings. The summed E-state index contributed by atoms with van der Waals surface area (Å²) in [6.07, 6.45) is 1.30. The van der Waals surface area contributed by atoms with Crippen LogP contribution in [0.1, 0.15) is 36.7 Å². The summed E-state index contributed by atoms with van der Waals surface area (Å²) >= 11 is 0. The van der Waals surface area contributed by atoms with E-state index in [2.05, 4.69) is 15.2 Å². The zero-order valence-electron chi connectivity index (χ0n) is 9.73. The number of amides is 1. The molecule has 0 fully saturated rings. The van der Waals surface area contributed by atoms with E-state index in [4.69, 9.17) is 5.11 Å². The third kappa shape index (κ3) is 3.03. The van der Waals surface area contributed by atoms with Gasteiger partial charge in [0.25, 0.3) is 5.91 Å². The highest BCUT2D eigenvalue weighted by Gasteiger charge is 2.18. The van der Waals surface area contributed by atoms with Crippen molar-refractivity contribution >= 4 is 5.91 Å². The van der Waals surface area contributed by atoms with E-state index in [0.29, 0.717) is 25.3 Å². The lowest BCUT2D eigenvalue weighted by Gasteiger charge is -2.18. The number of aromatic amines is 1. The number of aliphatic hydroxyl groups excluding tert-OH is 1. The van der Waals surface area contributed by atoms with Gasteiger partial charge >= 0.3 is 0 Å². The van der Waals surface area contributed by atoms with Crippen LogP contribution in [0.15, 0.2) is 0 Å². The van der Waals surface area contributed by atoms with E-state index < -0.39 is 0 Å². The van der Waals surface area contributed by atoms with E-state index >= 15 is 0 Å². The Kier molecular flexibility index (Phi) is 4.91. The van der Waals surface area contributed by atoms with Crippen LogP contribution < -0.4 is 0 Å². The number of aliphatic hydroxyl groups is 1.